The van der Waals surface area contributed by atoms with Gasteiger partial charge in [0.15, 0.2) is 5.82 Å². The molecule has 5 nitrogen and oxygen atoms in total. The molecule has 2 aromatic rings. The van der Waals surface area contributed by atoms with Gasteiger partial charge in [0, 0.05) is 56.7 Å². The number of benzene rings is 1. The topological polar surface area (TPSA) is 49.3 Å². The molecule has 1 aromatic heterocycles. The molecule has 0 spiro atoms. The molecule has 1 aliphatic heterocycles. The monoisotopic (exact) mass is 282 g/mol. The van der Waals surface area contributed by atoms with Crippen molar-refractivity contribution in [2.24, 2.45) is 0 Å². The van der Waals surface area contributed by atoms with E-state index in [9.17, 15) is 4.79 Å². The molecule has 1 fully saturated rings. The molecule has 0 atom stereocenters. The number of piperazine rings is 1. The van der Waals surface area contributed by atoms with E-state index in [0.717, 1.165) is 37.6 Å². The fraction of sp³-hybridized carbons (Fsp3) is 0.312. The number of carbonyl (C=O) groups excluding carboxylic acids is 1. The Morgan fingerprint density at radius 3 is 2.19 bits per heavy atom. The highest BCUT2D eigenvalue weighted by Gasteiger charge is 2.18. The fourth-order valence-corrected chi connectivity index (χ4v) is 2.55. The molecule has 0 unspecified atom stereocenters. The number of carbonyl (C=O) groups is 1. The molecule has 21 heavy (non-hydrogen) atoms. The van der Waals surface area contributed by atoms with Gasteiger partial charge in [0.25, 0.3) is 0 Å². The Morgan fingerprint density at radius 2 is 1.62 bits per heavy atom. The lowest BCUT2D eigenvalue weighted by Gasteiger charge is -2.35. The summed E-state index contributed by atoms with van der Waals surface area (Å²) in [7, 11) is 0. The van der Waals surface area contributed by atoms with Gasteiger partial charge in [-0.2, -0.15) is 0 Å². The molecule has 2 heterocycles. The fourth-order valence-electron chi connectivity index (χ4n) is 2.55. The van der Waals surface area contributed by atoms with Gasteiger partial charge in [-0.15, -0.1) is 0 Å². The molecule has 0 radical (unpaired) electrons. The standard InChI is InChI=1S/C16H18N4O/c1-13(21)19-9-11-20(12-10-19)15-5-3-14(4-6-15)16-17-7-2-8-18-16/h2-8H,9-12H2,1H3. The number of nitrogens with zero attached hydrogens (tertiary/aromatic N) is 4. The zero-order valence-corrected chi connectivity index (χ0v) is 12.1. The van der Waals surface area contributed by atoms with Crippen molar-refractivity contribution < 1.29 is 4.79 Å². The van der Waals surface area contributed by atoms with Gasteiger partial charge in [-0.3, -0.25) is 4.79 Å². The second-order valence-corrected chi connectivity index (χ2v) is 5.11. The van der Waals surface area contributed by atoms with Crippen molar-refractivity contribution in [2.45, 2.75) is 6.92 Å². The van der Waals surface area contributed by atoms with Crippen LogP contribution in [0.25, 0.3) is 11.4 Å². The van der Waals surface area contributed by atoms with Crippen LogP contribution < -0.4 is 4.90 Å². The van der Waals surface area contributed by atoms with Crippen LogP contribution in [0.3, 0.4) is 0 Å². The Labute approximate surface area is 124 Å². The normalized spacial score (nSPS) is 15.1. The van der Waals surface area contributed by atoms with Gasteiger partial charge >= 0.3 is 0 Å². The molecule has 1 saturated heterocycles. The van der Waals surface area contributed by atoms with Crippen LogP contribution in [0.1, 0.15) is 6.92 Å². The Hall–Kier alpha value is -2.43. The summed E-state index contributed by atoms with van der Waals surface area (Å²) in [6, 6.07) is 10.1. The first-order chi connectivity index (χ1) is 10.2. The van der Waals surface area contributed by atoms with E-state index in [1.54, 1.807) is 19.3 Å². The van der Waals surface area contributed by atoms with E-state index in [1.807, 2.05) is 23.1 Å². The molecule has 1 aromatic carbocycles. The first kappa shape index (κ1) is 13.5. The summed E-state index contributed by atoms with van der Waals surface area (Å²) in [5.74, 6) is 0.900. The Balaban J connectivity index is 1.69. The summed E-state index contributed by atoms with van der Waals surface area (Å²) in [4.78, 5) is 24.0. The largest absolute Gasteiger partial charge is 0.368 e. The molecule has 0 bridgehead atoms. The molecule has 0 saturated carbocycles. The van der Waals surface area contributed by atoms with Crippen LogP contribution in [0.4, 0.5) is 5.69 Å². The first-order valence-corrected chi connectivity index (χ1v) is 7.12. The predicted molar refractivity (Wildman–Crippen MR) is 81.9 cm³/mol. The number of hydrogen-bond acceptors (Lipinski definition) is 4. The van der Waals surface area contributed by atoms with Crippen molar-refractivity contribution in [1.82, 2.24) is 14.9 Å². The minimum atomic E-state index is 0.159. The molecule has 0 aliphatic carbocycles. The Kier molecular flexibility index (Phi) is 3.81. The zero-order valence-electron chi connectivity index (χ0n) is 12.1. The third-order valence-corrected chi connectivity index (χ3v) is 3.78. The molecule has 5 heteroatoms. The summed E-state index contributed by atoms with van der Waals surface area (Å²) in [5, 5.41) is 0. The summed E-state index contributed by atoms with van der Waals surface area (Å²) in [5.41, 5.74) is 2.19. The second-order valence-electron chi connectivity index (χ2n) is 5.11. The van der Waals surface area contributed by atoms with E-state index >= 15 is 0 Å². The van der Waals surface area contributed by atoms with Crippen molar-refractivity contribution in [2.75, 3.05) is 31.1 Å². The van der Waals surface area contributed by atoms with E-state index in [1.165, 1.54) is 5.69 Å². The van der Waals surface area contributed by atoms with Crippen molar-refractivity contribution in [1.29, 1.82) is 0 Å². The van der Waals surface area contributed by atoms with Crippen LogP contribution in [0.5, 0.6) is 0 Å². The quantitative estimate of drug-likeness (QED) is 0.843. The maximum atomic E-state index is 11.3. The van der Waals surface area contributed by atoms with E-state index < -0.39 is 0 Å². The third-order valence-electron chi connectivity index (χ3n) is 3.78. The van der Waals surface area contributed by atoms with E-state index in [0.29, 0.717) is 0 Å². The van der Waals surface area contributed by atoms with Gasteiger partial charge in [0.05, 0.1) is 0 Å². The average molecular weight is 282 g/mol. The number of hydrogen-bond donors (Lipinski definition) is 0. The average Bonchev–Trinajstić information content (AvgIpc) is 2.56. The smallest absolute Gasteiger partial charge is 0.219 e. The minimum absolute atomic E-state index is 0.159. The van der Waals surface area contributed by atoms with Crippen LogP contribution in [0, 0.1) is 0 Å². The lowest BCUT2D eigenvalue weighted by atomic mass is 10.1. The lowest BCUT2D eigenvalue weighted by Crippen LogP contribution is -2.48. The summed E-state index contributed by atoms with van der Waals surface area (Å²) < 4.78 is 0. The highest BCUT2D eigenvalue weighted by Crippen LogP contribution is 2.21. The zero-order chi connectivity index (χ0) is 14.7. The van der Waals surface area contributed by atoms with Gasteiger partial charge in [-0.1, -0.05) is 0 Å². The molecule has 1 amide bonds. The number of rotatable bonds is 2. The van der Waals surface area contributed by atoms with Crippen molar-refractivity contribution in [3.05, 3.63) is 42.7 Å². The Morgan fingerprint density at radius 1 is 1.00 bits per heavy atom. The highest BCUT2D eigenvalue weighted by molar-refractivity contribution is 5.73. The highest BCUT2D eigenvalue weighted by atomic mass is 16.2. The van der Waals surface area contributed by atoms with Crippen LogP contribution in [-0.4, -0.2) is 47.0 Å². The lowest BCUT2D eigenvalue weighted by molar-refractivity contribution is -0.129. The number of amides is 1. The van der Waals surface area contributed by atoms with E-state index in [2.05, 4.69) is 27.0 Å². The van der Waals surface area contributed by atoms with Gasteiger partial charge in [0.1, 0.15) is 0 Å². The van der Waals surface area contributed by atoms with Crippen LogP contribution >= 0.6 is 0 Å². The van der Waals surface area contributed by atoms with Crippen molar-refractivity contribution in [3.8, 4) is 11.4 Å². The Bertz CT molecular complexity index is 604. The van der Waals surface area contributed by atoms with Gasteiger partial charge in [0.2, 0.25) is 5.91 Å². The van der Waals surface area contributed by atoms with Crippen molar-refractivity contribution >= 4 is 11.6 Å². The van der Waals surface area contributed by atoms with Gasteiger partial charge in [-0.05, 0) is 30.3 Å². The molecular formula is C16H18N4O. The number of anilines is 1. The van der Waals surface area contributed by atoms with Gasteiger partial charge < -0.3 is 9.80 Å². The van der Waals surface area contributed by atoms with E-state index in [4.69, 9.17) is 0 Å². The maximum Gasteiger partial charge on any atom is 0.219 e. The van der Waals surface area contributed by atoms with Crippen LogP contribution in [0.15, 0.2) is 42.7 Å². The number of aromatic nitrogens is 2. The maximum absolute atomic E-state index is 11.3. The second kappa shape index (κ2) is 5.91. The van der Waals surface area contributed by atoms with E-state index in [-0.39, 0.29) is 5.91 Å². The van der Waals surface area contributed by atoms with Crippen molar-refractivity contribution in [3.63, 3.8) is 0 Å². The first-order valence-electron chi connectivity index (χ1n) is 7.12. The van der Waals surface area contributed by atoms with Crippen LogP contribution in [0.2, 0.25) is 0 Å². The minimum Gasteiger partial charge on any atom is -0.368 e. The molecular weight excluding hydrogens is 264 g/mol. The molecule has 108 valence electrons. The molecule has 1 aliphatic rings. The van der Waals surface area contributed by atoms with Gasteiger partial charge in [-0.25, -0.2) is 9.97 Å². The molecule has 3 rings (SSSR count). The predicted octanol–water partition coefficient (Wildman–Crippen LogP) is 1.81. The summed E-state index contributed by atoms with van der Waals surface area (Å²) in [6.07, 6.45) is 3.49. The molecule has 0 N–H and O–H groups in total. The third kappa shape index (κ3) is 3.02. The summed E-state index contributed by atoms with van der Waals surface area (Å²) >= 11 is 0. The summed E-state index contributed by atoms with van der Waals surface area (Å²) in [6.45, 7) is 4.96. The SMILES string of the molecule is CC(=O)N1CCN(c2ccc(-c3ncccn3)cc2)CC1. The van der Waals surface area contributed by atoms with Crippen LogP contribution in [-0.2, 0) is 4.79 Å².